The molecule has 1 aromatic carbocycles. The molecule has 0 N–H and O–H groups in total. The molecule has 0 bridgehead atoms. The molecular weight excluding hydrogens is 386 g/mol. The Morgan fingerprint density at radius 3 is 2.72 bits per heavy atom. The van der Waals surface area contributed by atoms with Crippen molar-refractivity contribution in [2.75, 3.05) is 44.3 Å². The molecule has 3 aromatic rings. The van der Waals surface area contributed by atoms with Crippen LogP contribution in [-0.4, -0.2) is 65.0 Å². The fourth-order valence-electron chi connectivity index (χ4n) is 3.57. The molecular formula is C21H27N5O2S. The highest BCUT2D eigenvalue weighted by Crippen LogP contribution is 2.31. The lowest BCUT2D eigenvalue weighted by Gasteiger charge is -2.27. The zero-order valence-corrected chi connectivity index (χ0v) is 18.0. The number of aryl methyl sites for hydroxylation is 3. The molecule has 0 saturated carbocycles. The molecule has 1 aliphatic rings. The first-order valence-electron chi connectivity index (χ1n) is 10.0. The Labute approximate surface area is 174 Å². The van der Waals surface area contributed by atoms with Crippen LogP contribution in [0.15, 0.2) is 24.4 Å². The summed E-state index contributed by atoms with van der Waals surface area (Å²) >= 11 is 1.58. The molecule has 1 amide bonds. The Bertz CT molecular complexity index is 967. The molecule has 1 saturated heterocycles. The van der Waals surface area contributed by atoms with Gasteiger partial charge in [-0.15, -0.1) is 0 Å². The number of aromatic nitrogens is 3. The van der Waals surface area contributed by atoms with E-state index in [0.29, 0.717) is 12.2 Å². The molecule has 0 atom stereocenters. The molecule has 3 heterocycles. The van der Waals surface area contributed by atoms with Gasteiger partial charge in [0.25, 0.3) is 5.91 Å². The van der Waals surface area contributed by atoms with Gasteiger partial charge in [-0.25, -0.2) is 4.98 Å². The van der Waals surface area contributed by atoms with Crippen molar-refractivity contribution >= 4 is 32.6 Å². The van der Waals surface area contributed by atoms with Crippen LogP contribution in [0.2, 0.25) is 0 Å². The van der Waals surface area contributed by atoms with E-state index in [9.17, 15) is 4.79 Å². The van der Waals surface area contributed by atoms with Gasteiger partial charge < -0.3 is 4.74 Å². The molecule has 4 rings (SSSR count). The summed E-state index contributed by atoms with van der Waals surface area (Å²) in [6, 6.07) is 6.02. The maximum absolute atomic E-state index is 13.3. The smallest absolute Gasteiger partial charge is 0.278 e. The summed E-state index contributed by atoms with van der Waals surface area (Å²) in [6.45, 7) is 9.25. The lowest BCUT2D eigenvalue weighted by atomic mass is 10.1. The number of thiazole rings is 1. The number of amides is 1. The van der Waals surface area contributed by atoms with Crippen LogP contribution in [0.5, 0.6) is 0 Å². The second-order valence-electron chi connectivity index (χ2n) is 7.51. The van der Waals surface area contributed by atoms with Crippen molar-refractivity contribution in [1.82, 2.24) is 19.7 Å². The Hall–Kier alpha value is -2.29. The third-order valence-electron chi connectivity index (χ3n) is 5.47. The van der Waals surface area contributed by atoms with Gasteiger partial charge in [-0.1, -0.05) is 11.3 Å². The minimum atomic E-state index is -0.0560. The maximum Gasteiger partial charge on any atom is 0.278 e. The van der Waals surface area contributed by atoms with Gasteiger partial charge in [0.15, 0.2) is 5.13 Å². The van der Waals surface area contributed by atoms with Crippen molar-refractivity contribution in [2.24, 2.45) is 7.05 Å². The summed E-state index contributed by atoms with van der Waals surface area (Å²) in [5.74, 6) is -0.0560. The van der Waals surface area contributed by atoms with E-state index >= 15 is 0 Å². The van der Waals surface area contributed by atoms with Crippen molar-refractivity contribution in [2.45, 2.75) is 20.3 Å². The van der Waals surface area contributed by atoms with Crippen LogP contribution in [-0.2, 0) is 11.8 Å². The Morgan fingerprint density at radius 1 is 1.24 bits per heavy atom. The van der Waals surface area contributed by atoms with E-state index in [2.05, 4.69) is 36.0 Å². The van der Waals surface area contributed by atoms with Crippen molar-refractivity contribution in [3.63, 3.8) is 0 Å². The quantitative estimate of drug-likeness (QED) is 0.622. The Morgan fingerprint density at radius 2 is 2.00 bits per heavy atom. The number of hydrogen-bond acceptors (Lipinski definition) is 6. The summed E-state index contributed by atoms with van der Waals surface area (Å²) in [7, 11) is 1.80. The minimum absolute atomic E-state index is 0.0560. The third kappa shape index (κ3) is 4.34. The van der Waals surface area contributed by atoms with E-state index in [4.69, 9.17) is 9.72 Å². The average Bonchev–Trinajstić information content (AvgIpc) is 3.32. The number of anilines is 1. The summed E-state index contributed by atoms with van der Waals surface area (Å²) in [6.07, 6.45) is 2.54. The highest BCUT2D eigenvalue weighted by Gasteiger charge is 2.24. The van der Waals surface area contributed by atoms with Crippen LogP contribution in [0.3, 0.4) is 0 Å². The highest BCUT2D eigenvalue weighted by atomic mass is 32.1. The average molecular weight is 414 g/mol. The van der Waals surface area contributed by atoms with Crippen LogP contribution < -0.4 is 4.90 Å². The molecule has 1 aliphatic heterocycles. The standard InChI is InChI=1S/C21H27N5O2S/c1-15-13-17-19(14-16(15)2)29-21(23-17)26(20(27)18-5-6-22-24(18)3)8-4-7-25-9-11-28-12-10-25/h5-6,13-14H,4,7-12H2,1-3H3. The summed E-state index contributed by atoms with van der Waals surface area (Å²) in [4.78, 5) is 22.3. The zero-order valence-electron chi connectivity index (χ0n) is 17.2. The molecule has 8 heteroatoms. The van der Waals surface area contributed by atoms with Gasteiger partial charge >= 0.3 is 0 Å². The lowest BCUT2D eigenvalue weighted by molar-refractivity contribution is 0.0376. The van der Waals surface area contributed by atoms with Gasteiger partial charge in [-0.05, 0) is 49.6 Å². The van der Waals surface area contributed by atoms with Gasteiger partial charge in [0.1, 0.15) is 5.69 Å². The number of carbonyl (C=O) groups is 1. The molecule has 0 radical (unpaired) electrons. The fraction of sp³-hybridized carbons (Fsp3) is 0.476. The van der Waals surface area contributed by atoms with E-state index in [1.54, 1.807) is 35.3 Å². The predicted molar refractivity (Wildman–Crippen MR) is 116 cm³/mol. The number of morpholine rings is 1. The predicted octanol–water partition coefficient (Wildman–Crippen LogP) is 3.02. The van der Waals surface area contributed by atoms with Crippen molar-refractivity contribution in [3.05, 3.63) is 41.2 Å². The van der Waals surface area contributed by atoms with E-state index in [1.807, 2.05) is 4.90 Å². The second kappa shape index (κ2) is 8.61. The SMILES string of the molecule is Cc1cc2nc(N(CCCN3CCOCC3)C(=O)c3ccnn3C)sc2cc1C. The van der Waals surface area contributed by atoms with Crippen LogP contribution >= 0.6 is 11.3 Å². The Balaban J connectivity index is 1.58. The number of hydrogen-bond donors (Lipinski definition) is 0. The monoisotopic (exact) mass is 413 g/mol. The molecule has 7 nitrogen and oxygen atoms in total. The molecule has 154 valence electrons. The molecule has 2 aromatic heterocycles. The van der Waals surface area contributed by atoms with Gasteiger partial charge in [0.2, 0.25) is 0 Å². The maximum atomic E-state index is 13.3. The number of rotatable bonds is 6. The largest absolute Gasteiger partial charge is 0.379 e. The number of ether oxygens (including phenoxy) is 1. The molecule has 0 spiro atoms. The number of nitrogens with zero attached hydrogens (tertiary/aromatic N) is 5. The van der Waals surface area contributed by atoms with Crippen LogP contribution in [0.25, 0.3) is 10.2 Å². The first-order chi connectivity index (χ1) is 14.0. The van der Waals surface area contributed by atoms with Gasteiger partial charge in [0, 0.05) is 39.4 Å². The topological polar surface area (TPSA) is 63.5 Å². The van der Waals surface area contributed by atoms with E-state index in [-0.39, 0.29) is 5.91 Å². The molecule has 0 unspecified atom stereocenters. The highest BCUT2D eigenvalue weighted by molar-refractivity contribution is 7.22. The first-order valence-corrected chi connectivity index (χ1v) is 10.8. The number of fused-ring (bicyclic) bond motifs is 1. The van der Waals surface area contributed by atoms with Crippen LogP contribution in [0.1, 0.15) is 28.0 Å². The first kappa shape index (κ1) is 20.0. The minimum Gasteiger partial charge on any atom is -0.379 e. The molecule has 0 aliphatic carbocycles. The van der Waals surface area contributed by atoms with E-state index < -0.39 is 0 Å². The molecule has 29 heavy (non-hydrogen) atoms. The van der Waals surface area contributed by atoms with E-state index in [0.717, 1.165) is 54.6 Å². The number of benzene rings is 1. The number of carbonyl (C=O) groups excluding carboxylic acids is 1. The van der Waals surface area contributed by atoms with Crippen LogP contribution in [0, 0.1) is 13.8 Å². The van der Waals surface area contributed by atoms with Gasteiger partial charge in [-0.3, -0.25) is 19.3 Å². The van der Waals surface area contributed by atoms with Crippen molar-refractivity contribution < 1.29 is 9.53 Å². The van der Waals surface area contributed by atoms with Crippen molar-refractivity contribution in [3.8, 4) is 0 Å². The summed E-state index contributed by atoms with van der Waals surface area (Å²) in [5.41, 5.74) is 3.97. The third-order valence-corrected chi connectivity index (χ3v) is 6.51. The van der Waals surface area contributed by atoms with E-state index in [1.165, 1.54) is 11.1 Å². The van der Waals surface area contributed by atoms with Crippen LogP contribution in [0.4, 0.5) is 5.13 Å². The normalized spacial score (nSPS) is 15.1. The molecule has 1 fully saturated rings. The summed E-state index contributed by atoms with van der Waals surface area (Å²) < 4.78 is 8.16. The Kier molecular flexibility index (Phi) is 5.94. The summed E-state index contributed by atoms with van der Waals surface area (Å²) in [5, 5.41) is 4.91. The zero-order chi connectivity index (χ0) is 20.4. The van der Waals surface area contributed by atoms with Crippen molar-refractivity contribution in [1.29, 1.82) is 0 Å². The fourth-order valence-corrected chi connectivity index (χ4v) is 4.64. The van der Waals surface area contributed by atoms with Gasteiger partial charge in [0.05, 0.1) is 23.4 Å². The van der Waals surface area contributed by atoms with Gasteiger partial charge in [-0.2, -0.15) is 5.10 Å². The second-order valence-corrected chi connectivity index (χ2v) is 8.51. The lowest BCUT2D eigenvalue weighted by Crippen LogP contribution is -2.39.